The summed E-state index contributed by atoms with van der Waals surface area (Å²) in [5, 5.41) is 0.621. The Balaban J connectivity index is 2.15. The summed E-state index contributed by atoms with van der Waals surface area (Å²) >= 11 is 1.51. The highest BCUT2D eigenvalue weighted by atomic mass is 32.1. The minimum absolute atomic E-state index is 0.213. The molecule has 2 heterocycles. The molecule has 0 amide bonds. The first-order valence-electron chi connectivity index (χ1n) is 3.51. The van der Waals surface area contributed by atoms with Gasteiger partial charge >= 0.3 is 0 Å². The van der Waals surface area contributed by atoms with Gasteiger partial charge in [-0.15, -0.1) is 0 Å². The molecule has 0 aliphatic carbocycles. The third-order valence-corrected chi connectivity index (χ3v) is 2.57. The molecule has 1 radical (unpaired) electrons. The normalized spacial score (nSPS) is 24.2. The Kier molecular flexibility index (Phi) is 1.79. The SMILES string of the molecule is Nc1ncc([C@@H]2C[CH]CO2)s1. The lowest BCUT2D eigenvalue weighted by atomic mass is 10.2. The van der Waals surface area contributed by atoms with E-state index in [2.05, 4.69) is 11.4 Å². The molecule has 2 rings (SSSR count). The molecular formula is C7H9N2OS. The summed E-state index contributed by atoms with van der Waals surface area (Å²) in [6.45, 7) is 0.752. The monoisotopic (exact) mass is 169 g/mol. The molecule has 0 spiro atoms. The lowest BCUT2D eigenvalue weighted by Gasteiger charge is -2.03. The lowest BCUT2D eigenvalue weighted by Crippen LogP contribution is -1.90. The minimum Gasteiger partial charge on any atom is -0.375 e. The second kappa shape index (κ2) is 2.79. The predicted molar refractivity (Wildman–Crippen MR) is 44.1 cm³/mol. The van der Waals surface area contributed by atoms with Gasteiger partial charge in [0, 0.05) is 6.20 Å². The van der Waals surface area contributed by atoms with E-state index in [4.69, 9.17) is 10.5 Å². The van der Waals surface area contributed by atoms with Crippen molar-refractivity contribution in [2.45, 2.75) is 12.5 Å². The first-order valence-corrected chi connectivity index (χ1v) is 4.32. The molecule has 0 saturated carbocycles. The fourth-order valence-electron chi connectivity index (χ4n) is 1.12. The number of nitrogens with two attached hydrogens (primary N) is 1. The number of hydrogen-bond donors (Lipinski definition) is 1. The average Bonchev–Trinajstić information content (AvgIpc) is 2.55. The first kappa shape index (κ1) is 7.06. The molecule has 59 valence electrons. The standard InChI is InChI=1S/C7H9N2OS/c8-7-9-4-6(11-7)5-2-1-3-10-5/h1,4-5H,2-3H2,(H2,8,9)/t5-/m0/s1. The molecule has 1 aliphatic heterocycles. The number of ether oxygens (including phenoxy) is 1. The fraction of sp³-hybridized carbons (Fsp3) is 0.429. The van der Waals surface area contributed by atoms with Crippen molar-refractivity contribution in [3.05, 3.63) is 17.5 Å². The fourth-order valence-corrected chi connectivity index (χ4v) is 1.87. The van der Waals surface area contributed by atoms with Gasteiger partial charge in [-0.1, -0.05) is 11.3 Å². The van der Waals surface area contributed by atoms with Crippen LogP contribution in [0.25, 0.3) is 0 Å². The van der Waals surface area contributed by atoms with E-state index in [9.17, 15) is 0 Å². The molecule has 1 aliphatic rings. The van der Waals surface area contributed by atoms with E-state index in [1.54, 1.807) is 6.20 Å². The van der Waals surface area contributed by atoms with Crippen molar-refractivity contribution in [2.75, 3.05) is 12.3 Å². The van der Waals surface area contributed by atoms with E-state index in [-0.39, 0.29) is 6.10 Å². The zero-order valence-corrected chi connectivity index (χ0v) is 6.80. The summed E-state index contributed by atoms with van der Waals surface area (Å²) < 4.78 is 5.41. The minimum atomic E-state index is 0.213. The maximum atomic E-state index is 5.49. The molecule has 1 aromatic rings. The average molecular weight is 169 g/mol. The third kappa shape index (κ3) is 1.36. The predicted octanol–water partition coefficient (Wildman–Crippen LogP) is 1.39. The van der Waals surface area contributed by atoms with Crippen molar-refractivity contribution in [1.82, 2.24) is 4.98 Å². The number of anilines is 1. The molecule has 0 bridgehead atoms. The molecule has 2 N–H and O–H groups in total. The lowest BCUT2D eigenvalue weighted by molar-refractivity contribution is 0.117. The number of thiazole rings is 1. The molecule has 1 saturated heterocycles. The van der Waals surface area contributed by atoms with Crippen LogP contribution in [0.5, 0.6) is 0 Å². The van der Waals surface area contributed by atoms with Crippen molar-refractivity contribution >= 4 is 16.5 Å². The quantitative estimate of drug-likeness (QED) is 0.691. The Morgan fingerprint density at radius 1 is 1.73 bits per heavy atom. The van der Waals surface area contributed by atoms with Crippen molar-refractivity contribution in [2.24, 2.45) is 0 Å². The Morgan fingerprint density at radius 3 is 3.18 bits per heavy atom. The van der Waals surface area contributed by atoms with Crippen LogP contribution in [0.4, 0.5) is 5.13 Å². The van der Waals surface area contributed by atoms with Crippen LogP contribution >= 0.6 is 11.3 Å². The van der Waals surface area contributed by atoms with Gasteiger partial charge in [-0.3, -0.25) is 0 Å². The first-order chi connectivity index (χ1) is 5.36. The number of hydrogen-bond acceptors (Lipinski definition) is 4. The molecule has 1 fully saturated rings. The van der Waals surface area contributed by atoms with Crippen LogP contribution in [-0.4, -0.2) is 11.6 Å². The topological polar surface area (TPSA) is 48.1 Å². The maximum absolute atomic E-state index is 5.49. The van der Waals surface area contributed by atoms with Crippen molar-refractivity contribution in [3.8, 4) is 0 Å². The van der Waals surface area contributed by atoms with Gasteiger partial charge in [0.15, 0.2) is 5.13 Å². The van der Waals surface area contributed by atoms with E-state index in [0.29, 0.717) is 5.13 Å². The van der Waals surface area contributed by atoms with E-state index in [0.717, 1.165) is 17.9 Å². The van der Waals surface area contributed by atoms with Gasteiger partial charge < -0.3 is 10.5 Å². The zero-order chi connectivity index (χ0) is 7.68. The van der Waals surface area contributed by atoms with Gasteiger partial charge in [0.2, 0.25) is 0 Å². The van der Waals surface area contributed by atoms with Crippen LogP contribution < -0.4 is 5.73 Å². The van der Waals surface area contributed by atoms with E-state index < -0.39 is 0 Å². The highest BCUT2D eigenvalue weighted by molar-refractivity contribution is 7.15. The molecule has 3 nitrogen and oxygen atoms in total. The Labute approximate surface area is 69.2 Å². The highest BCUT2D eigenvalue weighted by Crippen LogP contribution is 2.32. The second-order valence-corrected chi connectivity index (χ2v) is 3.54. The largest absolute Gasteiger partial charge is 0.375 e. The van der Waals surface area contributed by atoms with E-state index in [1.807, 2.05) is 0 Å². The van der Waals surface area contributed by atoms with Gasteiger partial charge in [-0.2, -0.15) is 0 Å². The van der Waals surface area contributed by atoms with Crippen LogP contribution in [-0.2, 0) is 4.74 Å². The van der Waals surface area contributed by atoms with Crippen molar-refractivity contribution < 1.29 is 4.74 Å². The summed E-state index contributed by atoms with van der Waals surface area (Å²) in [6, 6.07) is 0. The van der Waals surface area contributed by atoms with Crippen LogP contribution in [0.2, 0.25) is 0 Å². The molecule has 11 heavy (non-hydrogen) atoms. The van der Waals surface area contributed by atoms with Crippen LogP contribution in [0.15, 0.2) is 6.20 Å². The van der Waals surface area contributed by atoms with Crippen molar-refractivity contribution in [1.29, 1.82) is 0 Å². The molecule has 4 heteroatoms. The number of rotatable bonds is 1. The number of nitrogens with zero attached hydrogens (tertiary/aromatic N) is 1. The van der Waals surface area contributed by atoms with Crippen LogP contribution in [0.3, 0.4) is 0 Å². The zero-order valence-electron chi connectivity index (χ0n) is 5.99. The smallest absolute Gasteiger partial charge is 0.180 e. The highest BCUT2D eigenvalue weighted by Gasteiger charge is 2.19. The number of nitrogen functional groups attached to an aromatic ring is 1. The maximum Gasteiger partial charge on any atom is 0.180 e. The Bertz CT molecular complexity index is 242. The Morgan fingerprint density at radius 2 is 2.64 bits per heavy atom. The third-order valence-electron chi connectivity index (χ3n) is 1.65. The summed E-state index contributed by atoms with van der Waals surface area (Å²) in [6.07, 6.45) is 5.12. The summed E-state index contributed by atoms with van der Waals surface area (Å²) in [7, 11) is 0. The summed E-state index contributed by atoms with van der Waals surface area (Å²) in [5.74, 6) is 0. The Hall–Kier alpha value is -0.610. The van der Waals surface area contributed by atoms with Gasteiger partial charge in [-0.05, 0) is 12.8 Å². The molecular weight excluding hydrogens is 160 g/mol. The molecule has 1 aromatic heterocycles. The second-order valence-electron chi connectivity index (χ2n) is 2.45. The summed E-state index contributed by atoms with van der Waals surface area (Å²) in [4.78, 5) is 5.10. The molecule has 1 atom stereocenters. The van der Waals surface area contributed by atoms with Gasteiger partial charge in [0.1, 0.15) is 0 Å². The summed E-state index contributed by atoms with van der Waals surface area (Å²) in [5.41, 5.74) is 5.49. The van der Waals surface area contributed by atoms with Crippen LogP contribution in [0.1, 0.15) is 17.4 Å². The number of aromatic nitrogens is 1. The van der Waals surface area contributed by atoms with Crippen LogP contribution in [0, 0.1) is 6.42 Å². The van der Waals surface area contributed by atoms with E-state index >= 15 is 0 Å². The van der Waals surface area contributed by atoms with Gasteiger partial charge in [0.25, 0.3) is 0 Å². The molecule has 0 aromatic carbocycles. The van der Waals surface area contributed by atoms with Gasteiger partial charge in [-0.25, -0.2) is 4.98 Å². The van der Waals surface area contributed by atoms with E-state index in [1.165, 1.54) is 11.3 Å². The van der Waals surface area contributed by atoms with Crippen molar-refractivity contribution in [3.63, 3.8) is 0 Å². The van der Waals surface area contributed by atoms with Gasteiger partial charge in [0.05, 0.1) is 17.6 Å². The molecule has 0 unspecified atom stereocenters.